The molecule has 0 aliphatic rings. The molecule has 0 aliphatic heterocycles. The van der Waals surface area contributed by atoms with E-state index in [0.717, 1.165) is 12.3 Å². The van der Waals surface area contributed by atoms with Crippen molar-refractivity contribution in [2.24, 2.45) is 0 Å². The Hall–Kier alpha value is -0.840. The van der Waals surface area contributed by atoms with Crippen LogP contribution in [0.4, 0.5) is 0 Å². The maximum atomic E-state index is 8.14. The van der Waals surface area contributed by atoms with Crippen molar-refractivity contribution in [2.45, 2.75) is 117 Å². The fourth-order valence-electron chi connectivity index (χ4n) is 5.47. The van der Waals surface area contributed by atoms with E-state index >= 15 is 0 Å². The molecular formula is C32H52ClP. The van der Waals surface area contributed by atoms with Crippen LogP contribution in [-0.2, 0) is 0 Å². The molecule has 0 unspecified atom stereocenters. The number of benzene rings is 2. The Balaban J connectivity index is 2.09. The van der Waals surface area contributed by atoms with Crippen molar-refractivity contribution in [3.63, 3.8) is 0 Å². The van der Waals surface area contributed by atoms with E-state index in [2.05, 4.69) is 74.5 Å². The standard InChI is InChI=1S/C32H52ClP/c1-3-5-7-9-11-13-15-23-29-34(33,31-25-19-17-20-26-31,32-27-21-18-22-28-32)30-24-16-14-12-10-8-6-4-2/h17-22,25-28H,3-16,23-24,29-30H2,1-2H3. The van der Waals surface area contributed by atoms with E-state index in [1.54, 1.807) is 0 Å². The molecule has 0 atom stereocenters. The van der Waals surface area contributed by atoms with Gasteiger partial charge in [-0.25, -0.2) is 0 Å². The third kappa shape index (κ3) is 9.32. The van der Waals surface area contributed by atoms with Gasteiger partial charge in [-0.15, -0.1) is 0 Å². The van der Waals surface area contributed by atoms with Crippen LogP contribution in [0.1, 0.15) is 117 Å². The van der Waals surface area contributed by atoms with Crippen molar-refractivity contribution in [1.82, 2.24) is 0 Å². The van der Waals surface area contributed by atoms with Gasteiger partial charge in [0, 0.05) is 0 Å². The summed E-state index contributed by atoms with van der Waals surface area (Å²) in [7, 11) is 0. The zero-order valence-corrected chi connectivity index (χ0v) is 24.0. The van der Waals surface area contributed by atoms with Gasteiger partial charge in [-0.05, 0) is 0 Å². The predicted octanol–water partition coefficient (Wildman–Crippen LogP) is 10.6. The normalized spacial score (nSPS) is 13.0. The molecule has 192 valence electrons. The van der Waals surface area contributed by atoms with E-state index in [1.165, 1.54) is 113 Å². The van der Waals surface area contributed by atoms with E-state index in [0.29, 0.717) is 0 Å². The molecule has 0 aromatic heterocycles. The summed E-state index contributed by atoms with van der Waals surface area (Å²) >= 11 is 8.14. The molecule has 0 aliphatic carbocycles. The Labute approximate surface area is 217 Å². The molecule has 0 amide bonds. The van der Waals surface area contributed by atoms with Gasteiger partial charge in [0.2, 0.25) is 0 Å². The summed E-state index contributed by atoms with van der Waals surface area (Å²) in [6.07, 6.45) is 23.9. The molecule has 2 aromatic rings. The van der Waals surface area contributed by atoms with Crippen LogP contribution in [0.15, 0.2) is 60.7 Å². The molecule has 0 radical (unpaired) electrons. The van der Waals surface area contributed by atoms with E-state index in [4.69, 9.17) is 11.2 Å². The first-order valence-electron chi connectivity index (χ1n) is 14.5. The Morgan fingerprint density at radius 2 is 0.735 bits per heavy atom. The average Bonchev–Trinajstić information content (AvgIpc) is 2.88. The van der Waals surface area contributed by atoms with Crippen LogP contribution in [0.2, 0.25) is 0 Å². The van der Waals surface area contributed by atoms with Crippen LogP contribution in [0.25, 0.3) is 0 Å². The first-order chi connectivity index (χ1) is 16.6. The van der Waals surface area contributed by atoms with Crippen molar-refractivity contribution in [3.8, 4) is 0 Å². The van der Waals surface area contributed by atoms with Gasteiger partial charge in [-0.1, -0.05) is 0 Å². The molecule has 0 heterocycles. The van der Waals surface area contributed by atoms with E-state index in [-0.39, 0.29) is 0 Å². The molecule has 34 heavy (non-hydrogen) atoms. The molecule has 2 aromatic carbocycles. The number of unbranched alkanes of at least 4 members (excludes halogenated alkanes) is 14. The Morgan fingerprint density at radius 3 is 1.06 bits per heavy atom. The molecule has 0 saturated heterocycles. The van der Waals surface area contributed by atoms with E-state index in [1.807, 2.05) is 0 Å². The third-order valence-electron chi connectivity index (χ3n) is 7.65. The second-order valence-electron chi connectivity index (χ2n) is 10.4. The van der Waals surface area contributed by atoms with E-state index in [9.17, 15) is 0 Å². The molecule has 0 fully saturated rings. The Morgan fingerprint density at radius 1 is 0.441 bits per heavy atom. The van der Waals surface area contributed by atoms with Crippen molar-refractivity contribution < 1.29 is 0 Å². The Kier molecular flexibility index (Phi) is 14.5. The summed E-state index contributed by atoms with van der Waals surface area (Å²) < 4.78 is 0. The van der Waals surface area contributed by atoms with Gasteiger partial charge >= 0.3 is 217 Å². The molecule has 0 bridgehead atoms. The summed E-state index contributed by atoms with van der Waals surface area (Å²) in [5, 5.41) is 2.82. The van der Waals surface area contributed by atoms with Gasteiger partial charge < -0.3 is 0 Å². The number of hydrogen-bond acceptors (Lipinski definition) is 0. The number of hydrogen-bond donors (Lipinski definition) is 0. The summed E-state index contributed by atoms with van der Waals surface area (Å²) in [6.45, 7) is 4.59. The van der Waals surface area contributed by atoms with Crippen LogP contribution >= 0.6 is 17.2 Å². The maximum absolute atomic E-state index is 8.14. The quantitative estimate of drug-likeness (QED) is 0.125. The van der Waals surface area contributed by atoms with Gasteiger partial charge in [-0.3, -0.25) is 0 Å². The molecule has 0 nitrogen and oxygen atoms in total. The fourth-order valence-corrected chi connectivity index (χ4v) is 11.9. The minimum atomic E-state index is -2.75. The summed E-state index contributed by atoms with van der Waals surface area (Å²) in [4.78, 5) is 0. The van der Waals surface area contributed by atoms with Gasteiger partial charge in [0.25, 0.3) is 0 Å². The molecular weight excluding hydrogens is 451 g/mol. The first kappa shape index (κ1) is 29.4. The van der Waals surface area contributed by atoms with Gasteiger partial charge in [0.1, 0.15) is 0 Å². The van der Waals surface area contributed by atoms with Crippen LogP contribution < -0.4 is 10.6 Å². The van der Waals surface area contributed by atoms with Crippen molar-refractivity contribution >= 4 is 27.8 Å². The summed E-state index contributed by atoms with van der Waals surface area (Å²) in [5.41, 5.74) is 0. The van der Waals surface area contributed by atoms with Crippen LogP contribution in [0.3, 0.4) is 0 Å². The van der Waals surface area contributed by atoms with Crippen molar-refractivity contribution in [1.29, 1.82) is 0 Å². The van der Waals surface area contributed by atoms with Gasteiger partial charge in [0.05, 0.1) is 0 Å². The molecule has 2 heteroatoms. The monoisotopic (exact) mass is 502 g/mol. The second kappa shape index (κ2) is 16.8. The average molecular weight is 503 g/mol. The summed E-state index contributed by atoms with van der Waals surface area (Å²) in [6, 6.07) is 22.4. The van der Waals surface area contributed by atoms with Crippen LogP contribution in [0, 0.1) is 0 Å². The SMILES string of the molecule is CCCCCCCCCCP(Cl)(CCCCCCCCCC)(c1ccccc1)c1ccccc1. The fraction of sp³-hybridized carbons (Fsp3) is 0.625. The summed E-state index contributed by atoms with van der Waals surface area (Å²) in [5.74, 6) is -2.75. The van der Waals surface area contributed by atoms with Gasteiger partial charge in [0.15, 0.2) is 0 Å². The zero-order valence-electron chi connectivity index (χ0n) is 22.3. The second-order valence-corrected chi connectivity index (χ2v) is 17.6. The van der Waals surface area contributed by atoms with Gasteiger partial charge in [-0.2, -0.15) is 0 Å². The van der Waals surface area contributed by atoms with Crippen molar-refractivity contribution in [2.75, 3.05) is 12.3 Å². The molecule has 0 spiro atoms. The third-order valence-corrected chi connectivity index (χ3v) is 15.3. The number of halogens is 1. The van der Waals surface area contributed by atoms with Crippen molar-refractivity contribution in [3.05, 3.63) is 60.7 Å². The topological polar surface area (TPSA) is 0 Å². The Bertz CT molecular complexity index is 679. The minimum absolute atomic E-state index is 1.15. The predicted molar refractivity (Wildman–Crippen MR) is 160 cm³/mol. The van der Waals surface area contributed by atoms with E-state index < -0.39 is 5.96 Å². The number of rotatable bonds is 20. The first-order valence-corrected chi connectivity index (χ1v) is 18.0. The van der Waals surface area contributed by atoms with Crippen LogP contribution in [-0.4, -0.2) is 12.3 Å². The molecule has 2 rings (SSSR count). The molecule has 0 N–H and O–H groups in total. The van der Waals surface area contributed by atoms with Crippen LogP contribution in [0.5, 0.6) is 0 Å². The molecule has 0 saturated carbocycles. The zero-order chi connectivity index (χ0) is 24.4.